The monoisotopic (exact) mass is 896 g/mol. The molecule has 0 bridgehead atoms. The highest BCUT2D eigenvalue weighted by atomic mass is 32.5. The minimum atomic E-state index is -3.93. The van der Waals surface area contributed by atoms with Gasteiger partial charge in [-0.25, -0.2) is 15.0 Å². The molecule has 322 valence electrons. The summed E-state index contributed by atoms with van der Waals surface area (Å²) in [5.74, 6) is -1.20. The van der Waals surface area contributed by atoms with Crippen LogP contribution >= 0.6 is 15.0 Å². The lowest BCUT2D eigenvalue weighted by atomic mass is 10.1. The number of carbonyl (C=O) groups excluding carboxylic acids is 1. The van der Waals surface area contributed by atoms with E-state index in [2.05, 4.69) is 35.6 Å². The van der Waals surface area contributed by atoms with Crippen molar-refractivity contribution in [2.24, 2.45) is 11.8 Å². The average Bonchev–Trinajstić information content (AvgIpc) is 3.85. The molecule has 4 heterocycles. The number of carbonyl (C=O) groups is 1. The maximum atomic E-state index is 13.2. The SMILES string of the molecule is CC(C)C(=O)Nc1nc2c(ncn2[C@@H]2O[C@H](CO)C(O[Si](C)(C)C(C)(C)C)[C@H]2OP(=S)(OCCC#N)OC[C@H]2C[C@@H](Nc3ncncc3C#N)C[C@@H]2O[PH](=O)O)c(=O)[nH]1. The Kier molecular flexibility index (Phi) is 15.3. The zero-order valence-corrected chi connectivity index (χ0v) is 37.4. The van der Waals surface area contributed by atoms with Crippen LogP contribution in [0.2, 0.25) is 18.1 Å². The number of aromatic nitrogens is 6. The molecule has 0 radical (unpaired) electrons. The number of nitriles is 2. The van der Waals surface area contributed by atoms with Crippen LogP contribution in [0, 0.1) is 34.5 Å². The van der Waals surface area contributed by atoms with Crippen LogP contribution in [0.3, 0.4) is 0 Å². The summed E-state index contributed by atoms with van der Waals surface area (Å²) in [6, 6.07) is 3.67. The Morgan fingerprint density at radius 2 is 1.98 bits per heavy atom. The summed E-state index contributed by atoms with van der Waals surface area (Å²) in [7, 11) is -6.07. The number of anilines is 2. The van der Waals surface area contributed by atoms with Gasteiger partial charge in [-0.3, -0.25) is 33.5 Å². The number of H-pyrrole nitrogens is 1. The van der Waals surface area contributed by atoms with Crippen LogP contribution in [0.25, 0.3) is 11.2 Å². The quantitative estimate of drug-likeness (QED) is 0.0688. The molecule has 3 aromatic heterocycles. The highest BCUT2D eigenvalue weighted by Crippen LogP contribution is 2.56. The Hall–Kier alpha value is -3.54. The highest BCUT2D eigenvalue weighted by molar-refractivity contribution is 8.07. The summed E-state index contributed by atoms with van der Waals surface area (Å²) in [5, 5.41) is 35.1. The van der Waals surface area contributed by atoms with Crippen LogP contribution in [0.5, 0.6) is 0 Å². The van der Waals surface area contributed by atoms with Crippen LogP contribution in [-0.4, -0.2) is 104 Å². The Morgan fingerprint density at radius 1 is 1.24 bits per heavy atom. The van der Waals surface area contributed by atoms with Gasteiger partial charge < -0.3 is 38.1 Å². The van der Waals surface area contributed by atoms with Crippen molar-refractivity contribution in [2.75, 3.05) is 30.5 Å². The van der Waals surface area contributed by atoms with Crippen LogP contribution in [0.4, 0.5) is 11.8 Å². The second kappa shape index (κ2) is 19.4. The van der Waals surface area contributed by atoms with Crippen LogP contribution in [0.15, 0.2) is 23.6 Å². The maximum absolute atomic E-state index is 13.2. The van der Waals surface area contributed by atoms with Gasteiger partial charge in [0.2, 0.25) is 11.9 Å². The molecule has 9 atom stereocenters. The first-order valence-electron chi connectivity index (χ1n) is 18.8. The molecular weight excluding hydrogens is 847 g/mol. The molecule has 1 amide bonds. The number of amides is 1. The number of hydrogen-bond acceptors (Lipinski definition) is 18. The Balaban J connectivity index is 1.52. The van der Waals surface area contributed by atoms with Crippen LogP contribution < -0.4 is 16.2 Å². The molecule has 59 heavy (non-hydrogen) atoms. The van der Waals surface area contributed by atoms with E-state index in [1.807, 2.05) is 46.0 Å². The number of aliphatic hydroxyl groups is 1. The van der Waals surface area contributed by atoms with E-state index in [1.54, 1.807) is 13.8 Å². The van der Waals surface area contributed by atoms with Gasteiger partial charge in [-0.05, 0) is 42.8 Å². The average molecular weight is 897 g/mol. The molecular formula is C34H50N10O11P2SSi. The summed E-state index contributed by atoms with van der Waals surface area (Å²) in [6.45, 7) is 8.69. The minimum absolute atomic E-state index is 0.0163. The van der Waals surface area contributed by atoms with E-state index in [0.29, 0.717) is 6.42 Å². The van der Waals surface area contributed by atoms with E-state index < -0.39 is 83.8 Å². The lowest BCUT2D eigenvalue weighted by Gasteiger charge is -2.41. The zero-order valence-electron chi connectivity index (χ0n) is 33.6. The van der Waals surface area contributed by atoms with E-state index in [9.17, 15) is 34.7 Å². The van der Waals surface area contributed by atoms with Gasteiger partial charge in [-0.2, -0.15) is 15.5 Å². The number of nitrogens with zero attached hydrogens (tertiary/aromatic N) is 7. The standard InChI is InChI=1S/C34H50N10O11P2SSi/c1-19(2)30(46)42-33-41-29-25(31(47)43-33)39-18-44(29)32-27(26(24(15-45)52-32)55-59(6,7)34(3,4)5)54-57(58,50-10-8-9-35)51-16-20-11-22(12-23(20)53-56(48)49)40-28-21(13-36)14-37-17-38-28/h14,17-20,22-24,26-27,32,45,56H,8,10-12,15-16H2,1-7H3,(H,48,49)(H,37,38,40)(H2,41,42,43,46,47)/t20-,22-,23+,24-,26?,27-,32-,57?/m1/s1. The summed E-state index contributed by atoms with van der Waals surface area (Å²) >= 11 is 6.03. The van der Waals surface area contributed by atoms with Crippen molar-refractivity contribution in [1.29, 1.82) is 10.5 Å². The van der Waals surface area contributed by atoms with Crippen molar-refractivity contribution in [3.8, 4) is 12.1 Å². The minimum Gasteiger partial charge on any atom is -0.408 e. The van der Waals surface area contributed by atoms with Crippen molar-refractivity contribution in [3.63, 3.8) is 0 Å². The van der Waals surface area contributed by atoms with E-state index in [1.165, 1.54) is 23.4 Å². The molecule has 5 N–H and O–H groups in total. The predicted molar refractivity (Wildman–Crippen MR) is 219 cm³/mol. The molecule has 1 saturated heterocycles. The molecule has 0 aromatic carbocycles. The fourth-order valence-corrected chi connectivity index (χ4v) is 10.3. The highest BCUT2D eigenvalue weighted by Gasteiger charge is 2.54. The second-order valence-corrected chi connectivity index (χ2v) is 24.4. The summed E-state index contributed by atoms with van der Waals surface area (Å²) in [5.41, 5.74) is -0.490. The van der Waals surface area contributed by atoms with Gasteiger partial charge in [-0.15, -0.1) is 0 Å². The molecule has 2 fully saturated rings. The number of aromatic amines is 1. The number of rotatable bonds is 18. The number of fused-ring (bicyclic) bond motifs is 1. The fourth-order valence-electron chi connectivity index (χ4n) is 6.29. The number of imidazole rings is 1. The molecule has 0 spiro atoms. The Morgan fingerprint density at radius 3 is 2.63 bits per heavy atom. The molecule has 21 nitrogen and oxygen atoms in total. The van der Waals surface area contributed by atoms with E-state index in [4.69, 9.17) is 39.1 Å². The molecule has 5 rings (SSSR count). The second-order valence-electron chi connectivity index (χ2n) is 15.9. The number of hydrogen-bond donors (Lipinski definition) is 5. The van der Waals surface area contributed by atoms with Crippen molar-refractivity contribution in [2.45, 2.75) is 109 Å². The lowest BCUT2D eigenvalue weighted by Crippen LogP contribution is -2.50. The van der Waals surface area contributed by atoms with E-state index in [0.717, 1.165) is 0 Å². The van der Waals surface area contributed by atoms with Crippen molar-refractivity contribution in [3.05, 3.63) is 34.8 Å². The van der Waals surface area contributed by atoms with Crippen molar-refractivity contribution in [1.82, 2.24) is 29.5 Å². The fraction of sp³-hybridized carbons (Fsp3) is 0.647. The third-order valence-electron chi connectivity index (χ3n) is 10.4. The van der Waals surface area contributed by atoms with E-state index >= 15 is 0 Å². The van der Waals surface area contributed by atoms with E-state index in [-0.39, 0.29) is 65.6 Å². The molecule has 25 heteroatoms. The summed E-state index contributed by atoms with van der Waals surface area (Å²) < 4.78 is 51.3. The summed E-state index contributed by atoms with van der Waals surface area (Å²) in [4.78, 5) is 54.9. The molecule has 1 aliphatic heterocycles. The first kappa shape index (κ1) is 46.5. The molecule has 3 aromatic rings. The topological polar surface area (TPSA) is 291 Å². The smallest absolute Gasteiger partial charge is 0.327 e. The number of aliphatic hydroxyl groups excluding tert-OH is 1. The zero-order chi connectivity index (χ0) is 43.3. The van der Waals surface area contributed by atoms with Crippen molar-refractivity contribution >= 4 is 63.9 Å². The number of ether oxygens (including phenoxy) is 1. The van der Waals surface area contributed by atoms with Crippen molar-refractivity contribution < 1.29 is 46.6 Å². The molecule has 1 aliphatic carbocycles. The van der Waals surface area contributed by atoms with Gasteiger partial charge in [0.25, 0.3) is 5.56 Å². The first-order chi connectivity index (χ1) is 27.8. The largest absolute Gasteiger partial charge is 0.408 e. The molecule has 3 unspecified atom stereocenters. The number of nitrogens with one attached hydrogen (secondary N) is 3. The van der Waals surface area contributed by atoms with Gasteiger partial charge in [0.1, 0.15) is 42.1 Å². The Bertz CT molecular complexity index is 2190. The maximum Gasteiger partial charge on any atom is 0.327 e. The normalized spacial score (nSPS) is 25.1. The molecule has 1 saturated carbocycles. The van der Waals surface area contributed by atoms with Gasteiger partial charge in [-0.1, -0.05) is 34.6 Å². The van der Waals surface area contributed by atoms with Crippen LogP contribution in [-0.2, 0) is 48.4 Å². The lowest BCUT2D eigenvalue weighted by molar-refractivity contribution is -0.118. The third kappa shape index (κ3) is 11.2. The van der Waals surface area contributed by atoms with Gasteiger partial charge >= 0.3 is 15.0 Å². The van der Waals surface area contributed by atoms with Gasteiger partial charge in [0, 0.05) is 17.9 Å². The molecule has 2 aliphatic rings. The predicted octanol–water partition coefficient (Wildman–Crippen LogP) is 3.87. The first-order valence-corrected chi connectivity index (χ1v) is 25.5. The van der Waals surface area contributed by atoms with Crippen LogP contribution in [0.1, 0.15) is 65.7 Å². The summed E-state index contributed by atoms with van der Waals surface area (Å²) in [6.07, 6.45) is -0.720. The third-order valence-corrected chi connectivity index (χ3v) is 17.7. The Labute approximate surface area is 347 Å². The van der Waals surface area contributed by atoms with Gasteiger partial charge in [0.05, 0.1) is 50.9 Å². The van der Waals surface area contributed by atoms with Gasteiger partial charge in [0.15, 0.2) is 25.7 Å².